The van der Waals surface area contributed by atoms with Crippen LogP contribution >= 0.6 is 0 Å². The lowest BCUT2D eigenvalue weighted by molar-refractivity contribution is 0.532. The van der Waals surface area contributed by atoms with Crippen LogP contribution < -0.4 is 0 Å². The summed E-state index contributed by atoms with van der Waals surface area (Å²) in [6.07, 6.45) is 14.1. The minimum atomic E-state index is 0.182. The maximum atomic E-state index is 5.34. The van der Waals surface area contributed by atoms with E-state index in [0.29, 0.717) is 0 Å². The molecule has 1 atom stereocenters. The Morgan fingerprint density at radius 2 is 1.71 bits per heavy atom. The van der Waals surface area contributed by atoms with Crippen LogP contribution in [-0.2, 0) is 0 Å². The first-order valence-electron chi connectivity index (χ1n) is 6.61. The topological polar surface area (TPSA) is 13.1 Å². The summed E-state index contributed by atoms with van der Waals surface area (Å²) in [4.78, 5) is 0. The summed E-state index contributed by atoms with van der Waals surface area (Å²) in [5.74, 6) is 0.966. The summed E-state index contributed by atoms with van der Waals surface area (Å²) in [6.45, 7) is 8.79. The van der Waals surface area contributed by atoms with E-state index in [4.69, 9.17) is 4.42 Å². The van der Waals surface area contributed by atoms with E-state index in [9.17, 15) is 0 Å². The van der Waals surface area contributed by atoms with E-state index in [1.54, 1.807) is 6.26 Å². The standard InChI is InChI=1S/C12H14O.C4H10/c1-3-12(2)7-4-10-6-9-13-11(10)5-8-12;1-3-4-2/h4-9H,3H2,1-2H3;3-4H2,1-2H3. The van der Waals surface area contributed by atoms with Gasteiger partial charge in [0.2, 0.25) is 0 Å². The van der Waals surface area contributed by atoms with Gasteiger partial charge in [-0.2, -0.15) is 0 Å². The van der Waals surface area contributed by atoms with Gasteiger partial charge in [0.1, 0.15) is 5.76 Å². The predicted molar refractivity (Wildman–Crippen MR) is 75.8 cm³/mol. The van der Waals surface area contributed by atoms with Gasteiger partial charge in [0.25, 0.3) is 0 Å². The largest absolute Gasteiger partial charge is 0.464 e. The summed E-state index contributed by atoms with van der Waals surface area (Å²) < 4.78 is 5.34. The van der Waals surface area contributed by atoms with Gasteiger partial charge in [-0.05, 0) is 18.6 Å². The first-order valence-corrected chi connectivity index (χ1v) is 6.61. The van der Waals surface area contributed by atoms with Crippen molar-refractivity contribution < 1.29 is 4.42 Å². The highest BCUT2D eigenvalue weighted by Gasteiger charge is 2.17. The van der Waals surface area contributed by atoms with E-state index in [1.807, 2.05) is 6.07 Å². The molecule has 1 aliphatic carbocycles. The van der Waals surface area contributed by atoms with Gasteiger partial charge in [0.15, 0.2) is 0 Å². The zero-order valence-electron chi connectivity index (χ0n) is 11.5. The molecule has 1 aromatic rings. The van der Waals surface area contributed by atoms with Crippen LogP contribution in [0.2, 0.25) is 0 Å². The van der Waals surface area contributed by atoms with Crippen molar-refractivity contribution in [3.8, 4) is 0 Å². The Morgan fingerprint density at radius 1 is 1.06 bits per heavy atom. The average molecular weight is 232 g/mol. The Balaban J connectivity index is 0.000000317. The Kier molecular flexibility index (Phi) is 5.27. The quantitative estimate of drug-likeness (QED) is 0.652. The average Bonchev–Trinajstić information content (AvgIpc) is 2.76. The van der Waals surface area contributed by atoms with Crippen molar-refractivity contribution in [1.29, 1.82) is 0 Å². The first kappa shape index (κ1) is 13.8. The smallest absolute Gasteiger partial charge is 0.133 e. The van der Waals surface area contributed by atoms with Crippen LogP contribution in [0, 0.1) is 5.41 Å². The van der Waals surface area contributed by atoms with Crippen LogP contribution in [0.5, 0.6) is 0 Å². The van der Waals surface area contributed by atoms with Crippen LogP contribution in [0.3, 0.4) is 0 Å². The van der Waals surface area contributed by atoms with Gasteiger partial charge in [-0.3, -0.25) is 0 Å². The first-order chi connectivity index (χ1) is 8.15. The molecule has 0 saturated carbocycles. The molecule has 1 aromatic heterocycles. The summed E-state index contributed by atoms with van der Waals surface area (Å²) in [5.41, 5.74) is 1.36. The monoisotopic (exact) mass is 232 g/mol. The minimum Gasteiger partial charge on any atom is -0.464 e. The molecule has 0 aromatic carbocycles. The fraction of sp³-hybridized carbons (Fsp3) is 0.500. The van der Waals surface area contributed by atoms with Crippen molar-refractivity contribution in [3.05, 3.63) is 35.8 Å². The molecule has 0 amide bonds. The van der Waals surface area contributed by atoms with Crippen molar-refractivity contribution in [1.82, 2.24) is 0 Å². The van der Waals surface area contributed by atoms with Crippen molar-refractivity contribution in [3.63, 3.8) is 0 Å². The molecule has 1 nitrogen and oxygen atoms in total. The van der Waals surface area contributed by atoms with Gasteiger partial charge in [-0.25, -0.2) is 0 Å². The van der Waals surface area contributed by atoms with Crippen LogP contribution in [0.1, 0.15) is 58.3 Å². The minimum absolute atomic E-state index is 0.182. The molecule has 0 N–H and O–H groups in total. The Labute approximate surface area is 105 Å². The number of hydrogen-bond donors (Lipinski definition) is 0. The number of furan rings is 1. The third kappa shape index (κ3) is 3.92. The number of unbranched alkanes of at least 4 members (excludes halogenated alkanes) is 1. The normalized spacial score (nSPS) is 21.4. The van der Waals surface area contributed by atoms with E-state index in [-0.39, 0.29) is 5.41 Å². The lowest BCUT2D eigenvalue weighted by Gasteiger charge is -2.17. The highest BCUT2D eigenvalue weighted by atomic mass is 16.3. The number of rotatable bonds is 2. The van der Waals surface area contributed by atoms with Gasteiger partial charge >= 0.3 is 0 Å². The third-order valence-corrected chi connectivity index (χ3v) is 3.25. The van der Waals surface area contributed by atoms with Gasteiger partial charge in [-0.1, -0.05) is 58.8 Å². The van der Waals surface area contributed by atoms with Crippen molar-refractivity contribution in [2.75, 3.05) is 0 Å². The van der Waals surface area contributed by atoms with Crippen LogP contribution in [0.4, 0.5) is 0 Å². The molecule has 2 rings (SSSR count). The lowest BCUT2D eigenvalue weighted by Crippen LogP contribution is -2.05. The maximum Gasteiger partial charge on any atom is 0.133 e. The number of hydrogen-bond acceptors (Lipinski definition) is 1. The van der Waals surface area contributed by atoms with Gasteiger partial charge in [0.05, 0.1) is 6.26 Å². The summed E-state index contributed by atoms with van der Waals surface area (Å²) >= 11 is 0. The summed E-state index contributed by atoms with van der Waals surface area (Å²) in [5, 5.41) is 0. The van der Waals surface area contributed by atoms with E-state index >= 15 is 0 Å². The molecule has 0 fully saturated rings. The molecule has 94 valence electrons. The Bertz CT molecular complexity index is 351. The summed E-state index contributed by atoms with van der Waals surface area (Å²) in [6, 6.07) is 2.00. The molecular formula is C16H24O. The zero-order chi connectivity index (χ0) is 12.7. The molecule has 17 heavy (non-hydrogen) atoms. The molecule has 1 unspecified atom stereocenters. The second-order valence-electron chi connectivity index (χ2n) is 4.77. The lowest BCUT2D eigenvalue weighted by atomic mass is 9.87. The fourth-order valence-electron chi connectivity index (χ4n) is 1.44. The van der Waals surface area contributed by atoms with Crippen molar-refractivity contribution in [2.24, 2.45) is 5.41 Å². The Hall–Kier alpha value is -1.24. The zero-order valence-corrected chi connectivity index (χ0v) is 11.5. The molecular weight excluding hydrogens is 208 g/mol. The van der Waals surface area contributed by atoms with Gasteiger partial charge < -0.3 is 4.42 Å². The van der Waals surface area contributed by atoms with Gasteiger partial charge in [0, 0.05) is 11.0 Å². The van der Waals surface area contributed by atoms with E-state index < -0.39 is 0 Å². The Morgan fingerprint density at radius 3 is 2.29 bits per heavy atom. The predicted octanol–water partition coefficient (Wildman–Crippen LogP) is 5.54. The van der Waals surface area contributed by atoms with Crippen LogP contribution in [-0.4, -0.2) is 0 Å². The molecule has 1 aliphatic rings. The van der Waals surface area contributed by atoms with E-state index in [1.165, 1.54) is 18.4 Å². The molecule has 0 bridgehead atoms. The maximum absolute atomic E-state index is 5.34. The third-order valence-electron chi connectivity index (χ3n) is 3.25. The van der Waals surface area contributed by atoms with Crippen LogP contribution in [0.15, 0.2) is 28.9 Å². The molecule has 1 heterocycles. The molecule has 0 spiro atoms. The number of fused-ring (bicyclic) bond motifs is 1. The summed E-state index contributed by atoms with van der Waals surface area (Å²) in [7, 11) is 0. The number of allylic oxidation sites excluding steroid dienone is 2. The van der Waals surface area contributed by atoms with Crippen molar-refractivity contribution >= 4 is 12.2 Å². The molecule has 0 saturated heterocycles. The van der Waals surface area contributed by atoms with Gasteiger partial charge in [-0.15, -0.1) is 0 Å². The highest BCUT2D eigenvalue weighted by molar-refractivity contribution is 5.65. The van der Waals surface area contributed by atoms with Crippen molar-refractivity contribution in [2.45, 2.75) is 47.0 Å². The SMILES string of the molecule is CCC1(C)C=Cc2ccoc2C=C1.CCCC. The van der Waals surface area contributed by atoms with E-state index in [0.717, 1.165) is 12.2 Å². The molecule has 0 radical (unpaired) electrons. The fourth-order valence-corrected chi connectivity index (χ4v) is 1.44. The van der Waals surface area contributed by atoms with Crippen LogP contribution in [0.25, 0.3) is 12.2 Å². The molecule has 1 heteroatoms. The second-order valence-corrected chi connectivity index (χ2v) is 4.77. The van der Waals surface area contributed by atoms with E-state index in [2.05, 4.69) is 52.0 Å². The second kappa shape index (κ2) is 6.48. The highest BCUT2D eigenvalue weighted by Crippen LogP contribution is 2.31. The molecule has 0 aliphatic heterocycles.